The van der Waals surface area contributed by atoms with Crippen molar-refractivity contribution in [3.05, 3.63) is 35.1 Å². The van der Waals surface area contributed by atoms with Crippen molar-refractivity contribution >= 4 is 17.6 Å². The summed E-state index contributed by atoms with van der Waals surface area (Å²) < 4.78 is 16.7. The maximum atomic E-state index is 12.2. The fourth-order valence-corrected chi connectivity index (χ4v) is 1.05. The summed E-state index contributed by atoms with van der Waals surface area (Å²) in [4.78, 5) is 10.0. The smallest absolute Gasteiger partial charge is 0.305 e. The van der Waals surface area contributed by atoms with E-state index in [1.807, 2.05) is 0 Å². The highest BCUT2D eigenvalue weighted by Gasteiger charge is 2.08. The van der Waals surface area contributed by atoms with Crippen LogP contribution in [0.2, 0.25) is 5.02 Å². The van der Waals surface area contributed by atoms with E-state index in [2.05, 4.69) is 4.74 Å². The molecule has 2 nitrogen and oxygen atoms in total. The fourth-order valence-electron chi connectivity index (χ4n) is 0.914. The van der Waals surface area contributed by atoms with Gasteiger partial charge >= 0.3 is 5.97 Å². The second-order valence-electron chi connectivity index (χ2n) is 2.74. The first kappa shape index (κ1) is 11.0. The van der Waals surface area contributed by atoms with Crippen LogP contribution in [0.1, 0.15) is 12.8 Å². The zero-order valence-corrected chi connectivity index (χ0v) is 8.26. The molecule has 0 spiro atoms. The van der Waals surface area contributed by atoms with Crippen molar-refractivity contribution in [2.75, 3.05) is 6.61 Å². The zero-order valence-electron chi connectivity index (χ0n) is 7.50. The highest BCUT2D eigenvalue weighted by atomic mass is 35.5. The van der Waals surface area contributed by atoms with Crippen molar-refractivity contribution in [3.63, 3.8) is 0 Å². The molecule has 2 rings (SSSR count). The Morgan fingerprint density at radius 3 is 2.36 bits per heavy atom. The molecular weight excluding hydrogens is 207 g/mol. The molecule has 0 amide bonds. The van der Waals surface area contributed by atoms with E-state index in [0.717, 1.165) is 6.42 Å². The van der Waals surface area contributed by atoms with Gasteiger partial charge in [0.15, 0.2) is 0 Å². The highest BCUT2D eigenvalue weighted by molar-refractivity contribution is 6.30. The third-order valence-electron chi connectivity index (χ3n) is 1.61. The molecule has 1 saturated heterocycles. The Balaban J connectivity index is 0.000000146. The largest absolute Gasteiger partial charge is 0.466 e. The van der Waals surface area contributed by atoms with E-state index in [-0.39, 0.29) is 16.8 Å². The van der Waals surface area contributed by atoms with Crippen LogP contribution in [0.15, 0.2) is 24.3 Å². The number of ether oxygens (including phenoxy) is 1. The topological polar surface area (TPSA) is 26.3 Å². The SMILES string of the molecule is Fc1ccccc1Cl.O=C1CCCO1. The van der Waals surface area contributed by atoms with Gasteiger partial charge in [-0.3, -0.25) is 4.79 Å². The average Bonchev–Trinajstić information content (AvgIpc) is 2.63. The van der Waals surface area contributed by atoms with Gasteiger partial charge in [0.05, 0.1) is 11.6 Å². The number of cyclic esters (lactones) is 1. The lowest BCUT2D eigenvalue weighted by Gasteiger charge is -1.86. The van der Waals surface area contributed by atoms with Crippen molar-refractivity contribution in [3.8, 4) is 0 Å². The van der Waals surface area contributed by atoms with Gasteiger partial charge in [0.1, 0.15) is 5.82 Å². The third-order valence-corrected chi connectivity index (χ3v) is 1.92. The molecule has 1 aliphatic rings. The lowest BCUT2D eigenvalue weighted by atomic mass is 10.4. The van der Waals surface area contributed by atoms with E-state index in [4.69, 9.17) is 11.6 Å². The number of carbonyl (C=O) groups excluding carboxylic acids is 1. The summed E-state index contributed by atoms with van der Waals surface area (Å²) in [5.41, 5.74) is 0. The van der Waals surface area contributed by atoms with E-state index >= 15 is 0 Å². The minimum atomic E-state index is -0.367. The Hall–Kier alpha value is -1.09. The standard InChI is InChI=1S/C6H4ClF.C4H6O2/c7-5-3-1-2-4-6(5)8;5-4-2-1-3-6-4/h1-4H;1-3H2. The van der Waals surface area contributed by atoms with E-state index in [9.17, 15) is 9.18 Å². The van der Waals surface area contributed by atoms with Gasteiger partial charge in [0, 0.05) is 6.42 Å². The molecule has 0 unspecified atom stereocenters. The van der Waals surface area contributed by atoms with Gasteiger partial charge in [0.25, 0.3) is 0 Å². The van der Waals surface area contributed by atoms with E-state index in [0.29, 0.717) is 13.0 Å². The number of benzene rings is 1. The predicted octanol–water partition coefficient (Wildman–Crippen LogP) is 2.80. The molecule has 4 heteroatoms. The molecule has 1 heterocycles. The summed E-state index contributed by atoms with van der Waals surface area (Å²) >= 11 is 5.33. The molecule has 0 aliphatic carbocycles. The van der Waals surface area contributed by atoms with Crippen LogP contribution in [0.5, 0.6) is 0 Å². The summed E-state index contributed by atoms with van der Waals surface area (Å²) in [6.07, 6.45) is 1.54. The van der Waals surface area contributed by atoms with Crippen molar-refractivity contribution in [2.45, 2.75) is 12.8 Å². The number of esters is 1. The van der Waals surface area contributed by atoms with Gasteiger partial charge < -0.3 is 4.74 Å². The molecule has 1 aromatic carbocycles. The molecule has 1 aliphatic heterocycles. The number of halogens is 2. The number of hydrogen-bond acceptors (Lipinski definition) is 2. The summed E-state index contributed by atoms with van der Waals surface area (Å²) in [7, 11) is 0. The maximum absolute atomic E-state index is 12.2. The van der Waals surface area contributed by atoms with Crippen LogP contribution in [0.25, 0.3) is 0 Å². The molecule has 76 valence electrons. The Labute approximate surface area is 86.6 Å². The van der Waals surface area contributed by atoms with Crippen LogP contribution in [-0.2, 0) is 9.53 Å². The molecule has 0 saturated carbocycles. The van der Waals surface area contributed by atoms with E-state index < -0.39 is 0 Å². The Bertz CT molecular complexity index is 286. The monoisotopic (exact) mass is 216 g/mol. The number of rotatable bonds is 0. The van der Waals surface area contributed by atoms with E-state index in [1.165, 1.54) is 12.1 Å². The predicted molar refractivity (Wildman–Crippen MR) is 51.6 cm³/mol. The number of hydrogen-bond donors (Lipinski definition) is 0. The van der Waals surface area contributed by atoms with Gasteiger partial charge in [-0.2, -0.15) is 0 Å². The normalized spacial score (nSPS) is 14.3. The van der Waals surface area contributed by atoms with Gasteiger partial charge in [-0.1, -0.05) is 23.7 Å². The minimum Gasteiger partial charge on any atom is -0.466 e. The lowest BCUT2D eigenvalue weighted by Crippen LogP contribution is -1.88. The Morgan fingerprint density at radius 2 is 2.07 bits per heavy atom. The summed E-state index contributed by atoms with van der Waals surface area (Å²) in [5.74, 6) is -0.413. The summed E-state index contributed by atoms with van der Waals surface area (Å²) in [6.45, 7) is 0.638. The molecule has 0 N–H and O–H groups in total. The minimum absolute atomic E-state index is 0.0463. The van der Waals surface area contributed by atoms with Crippen molar-refractivity contribution in [1.29, 1.82) is 0 Å². The first-order chi connectivity index (χ1) is 6.70. The molecule has 0 aromatic heterocycles. The molecule has 0 radical (unpaired) electrons. The maximum Gasteiger partial charge on any atom is 0.305 e. The fraction of sp³-hybridized carbons (Fsp3) is 0.300. The Kier molecular flexibility index (Phi) is 4.40. The molecular formula is C10H10ClFO2. The highest BCUT2D eigenvalue weighted by Crippen LogP contribution is 2.11. The van der Waals surface area contributed by atoms with Crippen LogP contribution < -0.4 is 0 Å². The average molecular weight is 217 g/mol. The molecule has 0 bridgehead atoms. The summed E-state index contributed by atoms with van der Waals surface area (Å²) in [5, 5.41) is 0.174. The summed E-state index contributed by atoms with van der Waals surface area (Å²) in [6, 6.07) is 6.12. The third kappa shape index (κ3) is 3.75. The van der Waals surface area contributed by atoms with Gasteiger partial charge in [-0.25, -0.2) is 4.39 Å². The Morgan fingerprint density at radius 1 is 1.36 bits per heavy atom. The first-order valence-corrected chi connectivity index (χ1v) is 4.63. The van der Waals surface area contributed by atoms with Crippen LogP contribution in [0.3, 0.4) is 0 Å². The van der Waals surface area contributed by atoms with Crippen LogP contribution in [0, 0.1) is 5.82 Å². The number of carbonyl (C=O) groups is 1. The first-order valence-electron chi connectivity index (χ1n) is 4.26. The van der Waals surface area contributed by atoms with Gasteiger partial charge in [-0.15, -0.1) is 0 Å². The van der Waals surface area contributed by atoms with Crippen LogP contribution in [0.4, 0.5) is 4.39 Å². The van der Waals surface area contributed by atoms with Crippen molar-refractivity contribution < 1.29 is 13.9 Å². The van der Waals surface area contributed by atoms with Crippen LogP contribution >= 0.6 is 11.6 Å². The lowest BCUT2D eigenvalue weighted by molar-refractivity contribution is -0.137. The van der Waals surface area contributed by atoms with Crippen molar-refractivity contribution in [1.82, 2.24) is 0 Å². The van der Waals surface area contributed by atoms with Crippen LogP contribution in [-0.4, -0.2) is 12.6 Å². The van der Waals surface area contributed by atoms with Crippen molar-refractivity contribution in [2.24, 2.45) is 0 Å². The molecule has 1 fully saturated rings. The molecule has 0 atom stereocenters. The second kappa shape index (κ2) is 5.60. The molecule has 1 aromatic rings. The van der Waals surface area contributed by atoms with E-state index in [1.54, 1.807) is 12.1 Å². The second-order valence-corrected chi connectivity index (χ2v) is 3.15. The zero-order chi connectivity index (χ0) is 10.4. The van der Waals surface area contributed by atoms with Gasteiger partial charge in [0.2, 0.25) is 0 Å². The molecule has 14 heavy (non-hydrogen) atoms. The quantitative estimate of drug-likeness (QED) is 0.624. The van der Waals surface area contributed by atoms with Gasteiger partial charge in [-0.05, 0) is 18.6 Å².